The monoisotopic (exact) mass is 273 g/mol. The summed E-state index contributed by atoms with van der Waals surface area (Å²) in [7, 11) is 0. The summed E-state index contributed by atoms with van der Waals surface area (Å²) in [6.45, 7) is 0. The standard InChI is InChI=1S/C9H9IN2/c10-9(12)8(6-11)7-4-2-1-3-5-7/h1-6,12H,11H2/p+1/b8-6-,12-9?. The summed E-state index contributed by atoms with van der Waals surface area (Å²) >= 11 is 2.05. The highest BCUT2D eigenvalue weighted by atomic mass is 127. The molecule has 1 aromatic carbocycles. The molecule has 0 heterocycles. The molecule has 0 radical (unpaired) electrons. The predicted octanol–water partition coefficient (Wildman–Crippen LogP) is 0.579. The van der Waals surface area contributed by atoms with Gasteiger partial charge in [0.05, 0.1) is 5.57 Å². The van der Waals surface area contributed by atoms with Crippen LogP contribution in [0.25, 0.3) is 5.57 Å². The fourth-order valence-electron chi connectivity index (χ4n) is 0.931. The number of hydrogen-bond donors (Lipinski definition) is 2. The minimum absolute atomic E-state index is 0.710. The molecule has 0 aromatic heterocycles. The van der Waals surface area contributed by atoms with E-state index >= 15 is 0 Å². The topological polar surface area (TPSA) is 51.6 Å². The second kappa shape index (κ2) is 4.25. The molecular formula is C9H10IN2+. The number of allylic oxidation sites excluding steroid dienone is 1. The Hall–Kier alpha value is -0.840. The molecule has 62 valence electrons. The molecule has 4 N–H and O–H groups in total. The first-order chi connectivity index (χ1) is 5.75. The van der Waals surface area contributed by atoms with Crippen LogP contribution in [0.1, 0.15) is 5.56 Å². The molecule has 0 fully saturated rings. The van der Waals surface area contributed by atoms with Crippen LogP contribution >= 0.6 is 22.6 Å². The van der Waals surface area contributed by atoms with Crippen LogP contribution in [0.5, 0.6) is 0 Å². The Morgan fingerprint density at radius 2 is 1.92 bits per heavy atom. The molecule has 0 atom stereocenters. The molecule has 0 amide bonds. The van der Waals surface area contributed by atoms with Crippen molar-refractivity contribution in [2.45, 2.75) is 0 Å². The Balaban J connectivity index is 3.05. The lowest BCUT2D eigenvalue weighted by molar-refractivity contribution is -0.104. The highest BCUT2D eigenvalue weighted by Crippen LogP contribution is 2.15. The minimum Gasteiger partial charge on any atom is -0.404 e. The highest BCUT2D eigenvalue weighted by Gasteiger charge is 2.07. The van der Waals surface area contributed by atoms with E-state index < -0.39 is 0 Å². The SMILES string of the molecule is N/C=C(\C(=[NH2+])I)c1ccccc1. The molecule has 2 nitrogen and oxygen atoms in total. The Morgan fingerprint density at radius 1 is 1.33 bits per heavy atom. The molecule has 0 spiro atoms. The lowest BCUT2D eigenvalue weighted by Gasteiger charge is -1.98. The van der Waals surface area contributed by atoms with Crippen molar-refractivity contribution in [2.75, 3.05) is 0 Å². The fourth-order valence-corrected chi connectivity index (χ4v) is 1.42. The smallest absolute Gasteiger partial charge is 0.242 e. The van der Waals surface area contributed by atoms with E-state index in [9.17, 15) is 0 Å². The van der Waals surface area contributed by atoms with Crippen LogP contribution in [0.15, 0.2) is 36.5 Å². The Kier molecular flexibility index (Phi) is 3.28. The van der Waals surface area contributed by atoms with Gasteiger partial charge in [-0.25, -0.2) is 5.41 Å². The molecule has 0 bridgehead atoms. The Bertz CT molecular complexity index is 304. The van der Waals surface area contributed by atoms with E-state index in [-0.39, 0.29) is 0 Å². The zero-order chi connectivity index (χ0) is 8.97. The van der Waals surface area contributed by atoms with E-state index in [4.69, 9.17) is 11.1 Å². The van der Waals surface area contributed by atoms with Crippen molar-refractivity contribution >= 4 is 31.9 Å². The van der Waals surface area contributed by atoms with Crippen LogP contribution in [-0.4, -0.2) is 3.72 Å². The van der Waals surface area contributed by atoms with Gasteiger partial charge in [0.15, 0.2) is 0 Å². The third-order valence-electron chi connectivity index (χ3n) is 1.51. The van der Waals surface area contributed by atoms with Gasteiger partial charge in [-0.15, -0.1) is 0 Å². The number of halogens is 1. The van der Waals surface area contributed by atoms with Gasteiger partial charge in [-0.3, -0.25) is 0 Å². The predicted molar refractivity (Wildman–Crippen MR) is 59.6 cm³/mol. The minimum atomic E-state index is 0.710. The van der Waals surface area contributed by atoms with E-state index in [1.165, 1.54) is 6.20 Å². The summed E-state index contributed by atoms with van der Waals surface area (Å²) < 4.78 is 0.710. The lowest BCUT2D eigenvalue weighted by Crippen LogP contribution is -2.36. The van der Waals surface area contributed by atoms with Gasteiger partial charge in [0.1, 0.15) is 0 Å². The first-order valence-corrected chi connectivity index (χ1v) is 4.59. The molecule has 0 saturated heterocycles. The van der Waals surface area contributed by atoms with Crippen molar-refractivity contribution in [3.8, 4) is 0 Å². The zero-order valence-corrected chi connectivity index (χ0v) is 8.65. The van der Waals surface area contributed by atoms with Crippen molar-refractivity contribution in [1.29, 1.82) is 0 Å². The number of benzene rings is 1. The molecule has 0 saturated carbocycles. The summed E-state index contributed by atoms with van der Waals surface area (Å²) in [6.07, 6.45) is 1.52. The maximum atomic E-state index is 5.63. The van der Waals surface area contributed by atoms with Crippen LogP contribution < -0.4 is 11.1 Å². The molecule has 1 rings (SSSR count). The van der Waals surface area contributed by atoms with Crippen molar-refractivity contribution in [2.24, 2.45) is 5.73 Å². The maximum Gasteiger partial charge on any atom is 0.242 e. The normalized spacial score (nSPS) is 11.2. The van der Waals surface area contributed by atoms with E-state index in [0.29, 0.717) is 3.72 Å². The molecule has 0 aliphatic rings. The third-order valence-corrected chi connectivity index (χ3v) is 2.09. The average molecular weight is 273 g/mol. The molecule has 0 aliphatic carbocycles. The van der Waals surface area contributed by atoms with Gasteiger partial charge in [0, 0.05) is 28.8 Å². The summed E-state index contributed by atoms with van der Waals surface area (Å²) in [6, 6.07) is 9.83. The van der Waals surface area contributed by atoms with Gasteiger partial charge in [0.2, 0.25) is 3.72 Å². The van der Waals surface area contributed by atoms with Gasteiger partial charge in [-0.2, -0.15) is 0 Å². The second-order valence-electron chi connectivity index (χ2n) is 2.29. The van der Waals surface area contributed by atoms with Gasteiger partial charge in [-0.05, 0) is 5.56 Å². The van der Waals surface area contributed by atoms with Crippen LogP contribution in [0, 0.1) is 0 Å². The van der Waals surface area contributed by atoms with E-state index in [1.807, 2.05) is 30.3 Å². The highest BCUT2D eigenvalue weighted by molar-refractivity contribution is 14.1. The first-order valence-electron chi connectivity index (χ1n) is 3.51. The second-order valence-corrected chi connectivity index (χ2v) is 3.46. The largest absolute Gasteiger partial charge is 0.404 e. The number of hydrogen-bond acceptors (Lipinski definition) is 1. The van der Waals surface area contributed by atoms with Crippen LogP contribution in [0.3, 0.4) is 0 Å². The quantitative estimate of drug-likeness (QED) is 0.601. The Labute approximate surface area is 85.1 Å². The van der Waals surface area contributed by atoms with Gasteiger partial charge in [-0.1, -0.05) is 30.3 Å². The molecule has 12 heavy (non-hydrogen) atoms. The van der Waals surface area contributed by atoms with Crippen LogP contribution in [0.2, 0.25) is 0 Å². The van der Waals surface area contributed by atoms with Gasteiger partial charge < -0.3 is 5.73 Å². The molecule has 0 aliphatic heterocycles. The van der Waals surface area contributed by atoms with Crippen molar-refractivity contribution in [1.82, 2.24) is 0 Å². The summed E-state index contributed by atoms with van der Waals surface area (Å²) in [5.41, 5.74) is 7.37. The molecule has 3 heteroatoms. The first kappa shape index (κ1) is 9.25. The van der Waals surface area contributed by atoms with Gasteiger partial charge >= 0.3 is 0 Å². The summed E-state index contributed by atoms with van der Waals surface area (Å²) in [5.74, 6) is 0. The maximum absolute atomic E-state index is 5.63. The van der Waals surface area contributed by atoms with Crippen molar-refractivity contribution in [3.63, 3.8) is 0 Å². The van der Waals surface area contributed by atoms with E-state index in [1.54, 1.807) is 0 Å². The van der Waals surface area contributed by atoms with Crippen LogP contribution in [0.4, 0.5) is 0 Å². The summed E-state index contributed by atoms with van der Waals surface area (Å²) in [4.78, 5) is 0. The third kappa shape index (κ3) is 2.07. The van der Waals surface area contributed by atoms with Crippen molar-refractivity contribution < 1.29 is 5.41 Å². The Morgan fingerprint density at radius 3 is 2.33 bits per heavy atom. The molecular weight excluding hydrogens is 263 g/mol. The molecule has 0 unspecified atom stereocenters. The number of nitrogens with two attached hydrogens (primary N) is 2. The zero-order valence-electron chi connectivity index (χ0n) is 6.50. The summed E-state index contributed by atoms with van der Waals surface area (Å²) in [5, 5.41) is 5.63. The molecule has 1 aromatic rings. The number of rotatable bonds is 2. The van der Waals surface area contributed by atoms with Crippen molar-refractivity contribution in [3.05, 3.63) is 42.1 Å². The van der Waals surface area contributed by atoms with E-state index in [2.05, 4.69) is 22.6 Å². The fraction of sp³-hybridized carbons (Fsp3) is 0. The van der Waals surface area contributed by atoms with Crippen LogP contribution in [-0.2, 0) is 0 Å². The van der Waals surface area contributed by atoms with E-state index in [0.717, 1.165) is 11.1 Å². The average Bonchev–Trinajstić information content (AvgIpc) is 2.07. The lowest BCUT2D eigenvalue weighted by atomic mass is 10.1. The van der Waals surface area contributed by atoms with Gasteiger partial charge in [0.25, 0.3) is 0 Å².